The molecule has 0 saturated carbocycles. The Morgan fingerprint density at radius 3 is 2.48 bits per heavy atom. The van der Waals surface area contributed by atoms with Crippen molar-refractivity contribution in [3.8, 4) is 5.75 Å². The van der Waals surface area contributed by atoms with Crippen LogP contribution >= 0.6 is 23.2 Å². The average molecular weight is 356 g/mol. The maximum absolute atomic E-state index is 10.3. The second-order valence-electron chi connectivity index (χ2n) is 5.26. The predicted octanol–water partition coefficient (Wildman–Crippen LogP) is 1.84. The first-order valence-corrected chi connectivity index (χ1v) is 7.88. The van der Waals surface area contributed by atoms with Crippen LogP contribution in [0.25, 0.3) is 0 Å². The van der Waals surface area contributed by atoms with Crippen LogP contribution in [-0.4, -0.2) is 50.8 Å². The zero-order valence-electron chi connectivity index (χ0n) is 12.1. The standard InChI is InChI=1S/C14H15Cl2N5O2/c15-10-3-19-14(20-4-10)21-2-1-9(12(22)7-21)8-23-11-5-17-13(16)18-6-11/h3-6,9,12,22H,1-2,7-8H2. The highest BCUT2D eigenvalue weighted by Gasteiger charge is 2.29. The Kier molecular flexibility index (Phi) is 5.09. The smallest absolute Gasteiger partial charge is 0.225 e. The maximum atomic E-state index is 10.3. The molecular weight excluding hydrogens is 341 g/mol. The monoisotopic (exact) mass is 355 g/mol. The summed E-state index contributed by atoms with van der Waals surface area (Å²) in [6, 6.07) is 0. The molecule has 9 heteroatoms. The summed E-state index contributed by atoms with van der Waals surface area (Å²) >= 11 is 11.4. The molecular formula is C14H15Cl2N5O2. The van der Waals surface area contributed by atoms with E-state index in [1.807, 2.05) is 4.90 Å². The number of ether oxygens (including phenoxy) is 1. The lowest BCUT2D eigenvalue weighted by molar-refractivity contribution is 0.0611. The van der Waals surface area contributed by atoms with Crippen LogP contribution < -0.4 is 9.64 Å². The molecule has 0 amide bonds. The number of aliphatic hydroxyl groups is 1. The Morgan fingerprint density at radius 2 is 1.83 bits per heavy atom. The molecule has 23 heavy (non-hydrogen) atoms. The molecule has 1 saturated heterocycles. The van der Waals surface area contributed by atoms with Crippen molar-refractivity contribution in [3.63, 3.8) is 0 Å². The van der Waals surface area contributed by atoms with Gasteiger partial charge in [-0.3, -0.25) is 0 Å². The maximum Gasteiger partial charge on any atom is 0.225 e. The fourth-order valence-corrected chi connectivity index (χ4v) is 2.60. The van der Waals surface area contributed by atoms with E-state index in [1.165, 1.54) is 12.4 Å². The van der Waals surface area contributed by atoms with Gasteiger partial charge in [0.15, 0.2) is 5.75 Å². The molecule has 1 fully saturated rings. The molecule has 2 aromatic heterocycles. The quantitative estimate of drug-likeness (QED) is 0.837. The van der Waals surface area contributed by atoms with Gasteiger partial charge in [0.1, 0.15) is 0 Å². The Labute approximate surface area is 143 Å². The number of piperidine rings is 1. The molecule has 0 spiro atoms. The fourth-order valence-electron chi connectivity index (χ4n) is 2.40. The molecule has 0 aliphatic carbocycles. The van der Waals surface area contributed by atoms with Gasteiger partial charge in [0.25, 0.3) is 0 Å². The van der Waals surface area contributed by atoms with E-state index >= 15 is 0 Å². The van der Waals surface area contributed by atoms with Gasteiger partial charge in [-0.15, -0.1) is 0 Å². The number of rotatable bonds is 4. The van der Waals surface area contributed by atoms with Crippen molar-refractivity contribution in [3.05, 3.63) is 35.1 Å². The molecule has 2 unspecified atom stereocenters. The molecule has 0 aromatic carbocycles. The zero-order chi connectivity index (χ0) is 16.2. The highest BCUT2D eigenvalue weighted by molar-refractivity contribution is 6.30. The van der Waals surface area contributed by atoms with Gasteiger partial charge in [0.2, 0.25) is 11.2 Å². The van der Waals surface area contributed by atoms with Crippen LogP contribution in [0.5, 0.6) is 5.75 Å². The van der Waals surface area contributed by atoms with Gasteiger partial charge in [-0.1, -0.05) is 11.6 Å². The van der Waals surface area contributed by atoms with Gasteiger partial charge in [0, 0.05) is 19.0 Å². The third-order valence-corrected chi connectivity index (χ3v) is 4.06. The Morgan fingerprint density at radius 1 is 1.13 bits per heavy atom. The van der Waals surface area contributed by atoms with Crippen LogP contribution in [-0.2, 0) is 0 Å². The number of hydrogen-bond acceptors (Lipinski definition) is 7. The molecule has 0 bridgehead atoms. The van der Waals surface area contributed by atoms with Crippen LogP contribution in [0, 0.1) is 5.92 Å². The van der Waals surface area contributed by atoms with Gasteiger partial charge in [0.05, 0.1) is 42.5 Å². The first kappa shape index (κ1) is 16.2. The van der Waals surface area contributed by atoms with Crippen LogP contribution in [0.1, 0.15) is 6.42 Å². The highest BCUT2D eigenvalue weighted by atomic mass is 35.5. The molecule has 1 aliphatic heterocycles. The van der Waals surface area contributed by atoms with Gasteiger partial charge in [-0.05, 0) is 18.0 Å². The van der Waals surface area contributed by atoms with E-state index in [-0.39, 0.29) is 11.2 Å². The van der Waals surface area contributed by atoms with Crippen molar-refractivity contribution in [1.82, 2.24) is 19.9 Å². The summed E-state index contributed by atoms with van der Waals surface area (Å²) in [6.45, 7) is 1.58. The van der Waals surface area contributed by atoms with E-state index in [0.29, 0.717) is 29.9 Å². The van der Waals surface area contributed by atoms with Crippen molar-refractivity contribution in [2.45, 2.75) is 12.5 Å². The second-order valence-corrected chi connectivity index (χ2v) is 6.04. The lowest BCUT2D eigenvalue weighted by atomic mass is 9.95. The zero-order valence-corrected chi connectivity index (χ0v) is 13.7. The molecule has 3 rings (SSSR count). The number of aliphatic hydroxyl groups excluding tert-OH is 1. The number of nitrogens with zero attached hydrogens (tertiary/aromatic N) is 5. The number of anilines is 1. The van der Waals surface area contributed by atoms with Crippen LogP contribution in [0.15, 0.2) is 24.8 Å². The SMILES string of the molecule is OC1CN(c2ncc(Cl)cn2)CCC1COc1cnc(Cl)nc1. The van der Waals surface area contributed by atoms with Crippen molar-refractivity contribution in [2.75, 3.05) is 24.6 Å². The summed E-state index contributed by atoms with van der Waals surface area (Å²) in [4.78, 5) is 18.0. The summed E-state index contributed by atoms with van der Waals surface area (Å²) < 4.78 is 5.62. The fraction of sp³-hybridized carbons (Fsp3) is 0.429. The molecule has 2 atom stereocenters. The Balaban J connectivity index is 1.54. The summed E-state index contributed by atoms with van der Waals surface area (Å²) in [5, 5.41) is 11.0. The molecule has 3 heterocycles. The van der Waals surface area contributed by atoms with Gasteiger partial charge < -0.3 is 14.7 Å². The predicted molar refractivity (Wildman–Crippen MR) is 85.9 cm³/mol. The minimum atomic E-state index is -0.531. The highest BCUT2D eigenvalue weighted by Crippen LogP contribution is 2.22. The molecule has 0 radical (unpaired) electrons. The topological polar surface area (TPSA) is 84.3 Å². The number of halogens is 2. The lowest BCUT2D eigenvalue weighted by Crippen LogP contribution is -2.46. The van der Waals surface area contributed by atoms with Crippen molar-refractivity contribution in [1.29, 1.82) is 0 Å². The van der Waals surface area contributed by atoms with Gasteiger partial charge >= 0.3 is 0 Å². The normalized spacial score (nSPS) is 21.3. The second kappa shape index (κ2) is 7.25. The van der Waals surface area contributed by atoms with Crippen LogP contribution in [0.3, 0.4) is 0 Å². The minimum Gasteiger partial charge on any atom is -0.490 e. The average Bonchev–Trinajstić information content (AvgIpc) is 2.56. The largest absolute Gasteiger partial charge is 0.490 e. The van der Waals surface area contributed by atoms with Gasteiger partial charge in [-0.2, -0.15) is 0 Å². The van der Waals surface area contributed by atoms with Crippen LogP contribution in [0.2, 0.25) is 10.3 Å². The molecule has 7 nitrogen and oxygen atoms in total. The molecule has 1 aliphatic rings. The van der Waals surface area contributed by atoms with Crippen molar-refractivity contribution >= 4 is 29.2 Å². The number of β-amino-alcohol motifs (C(OH)–C–C–N with tert-alkyl or cyclic N) is 1. The van der Waals surface area contributed by atoms with E-state index in [4.69, 9.17) is 27.9 Å². The minimum absolute atomic E-state index is 0.0224. The van der Waals surface area contributed by atoms with E-state index in [1.54, 1.807) is 12.4 Å². The first-order chi connectivity index (χ1) is 11.1. The van der Waals surface area contributed by atoms with Gasteiger partial charge in [-0.25, -0.2) is 19.9 Å². The number of hydrogen-bond donors (Lipinski definition) is 1. The molecule has 2 aromatic rings. The summed E-state index contributed by atoms with van der Waals surface area (Å²) in [6.07, 6.45) is 6.35. The number of aromatic nitrogens is 4. The van der Waals surface area contributed by atoms with E-state index in [9.17, 15) is 5.11 Å². The summed E-state index contributed by atoms with van der Waals surface area (Å²) in [5.41, 5.74) is 0. The van der Waals surface area contributed by atoms with E-state index in [2.05, 4.69) is 19.9 Å². The van der Waals surface area contributed by atoms with Crippen LogP contribution in [0.4, 0.5) is 5.95 Å². The van der Waals surface area contributed by atoms with Crippen molar-refractivity contribution in [2.24, 2.45) is 5.92 Å². The third kappa shape index (κ3) is 4.19. The Bertz CT molecular complexity index is 641. The first-order valence-electron chi connectivity index (χ1n) is 7.13. The molecule has 122 valence electrons. The summed E-state index contributed by atoms with van der Waals surface area (Å²) in [7, 11) is 0. The summed E-state index contributed by atoms with van der Waals surface area (Å²) in [5.74, 6) is 1.12. The third-order valence-electron chi connectivity index (χ3n) is 3.67. The lowest BCUT2D eigenvalue weighted by Gasteiger charge is -2.35. The van der Waals surface area contributed by atoms with E-state index < -0.39 is 6.10 Å². The Hall–Kier alpha value is -1.70. The van der Waals surface area contributed by atoms with Crippen molar-refractivity contribution < 1.29 is 9.84 Å². The molecule has 1 N–H and O–H groups in total. The van der Waals surface area contributed by atoms with E-state index in [0.717, 1.165) is 13.0 Å².